The maximum atomic E-state index is 13.4. The number of benzene rings is 1. The van der Waals surface area contributed by atoms with E-state index in [4.69, 9.17) is 8.85 Å². The van der Waals surface area contributed by atoms with Crippen LogP contribution in [-0.2, 0) is 15.3 Å². The Morgan fingerprint density at radius 2 is 1.71 bits per heavy atom. The van der Waals surface area contributed by atoms with Crippen molar-refractivity contribution in [1.82, 2.24) is 0 Å². The monoisotopic (exact) mass is 318 g/mol. The van der Waals surface area contributed by atoms with Crippen molar-refractivity contribution in [1.29, 1.82) is 0 Å². The van der Waals surface area contributed by atoms with Gasteiger partial charge in [0.1, 0.15) is 11.6 Å². The van der Waals surface area contributed by atoms with E-state index >= 15 is 0 Å². The van der Waals surface area contributed by atoms with E-state index in [1.165, 1.54) is 12.1 Å². The fourth-order valence-corrected chi connectivity index (χ4v) is 4.17. The van der Waals surface area contributed by atoms with Crippen LogP contribution in [0, 0.1) is 11.6 Å². The number of unbranched alkanes of at least 4 members (excludes halogenated alkanes) is 2. The topological polar surface area (TPSA) is 38.7 Å². The molecule has 0 heterocycles. The summed E-state index contributed by atoms with van der Waals surface area (Å²) < 4.78 is 36.9. The molecule has 0 radical (unpaired) electrons. The average Bonchev–Trinajstić information content (AvgIpc) is 2.41. The molecule has 21 heavy (non-hydrogen) atoms. The van der Waals surface area contributed by atoms with Crippen LogP contribution in [0.3, 0.4) is 0 Å². The molecule has 0 aliphatic heterocycles. The zero-order valence-electron chi connectivity index (χ0n) is 12.7. The average molecular weight is 318 g/mol. The second-order valence-corrected chi connectivity index (χ2v) is 7.38. The molecule has 1 N–H and O–H groups in total. The van der Waals surface area contributed by atoms with Gasteiger partial charge in [0.25, 0.3) is 0 Å². The molecular formula is C15H24F2O3Si. The first kappa shape index (κ1) is 18.2. The molecule has 120 valence electrons. The molecule has 0 saturated carbocycles. The first-order valence-electron chi connectivity index (χ1n) is 7.45. The first-order valence-corrected chi connectivity index (χ1v) is 9.42. The quantitative estimate of drug-likeness (QED) is 0.528. The Hall–Kier alpha value is -0.823. The highest BCUT2D eigenvalue weighted by Crippen LogP contribution is 2.17. The number of aryl methyl sites for hydroxylation is 1. The van der Waals surface area contributed by atoms with Crippen LogP contribution in [0.2, 0.25) is 6.04 Å². The van der Waals surface area contributed by atoms with E-state index in [2.05, 4.69) is 0 Å². The van der Waals surface area contributed by atoms with Gasteiger partial charge >= 0.3 is 8.80 Å². The van der Waals surface area contributed by atoms with Crippen molar-refractivity contribution in [2.24, 2.45) is 0 Å². The third-order valence-corrected chi connectivity index (χ3v) is 5.66. The van der Waals surface area contributed by atoms with E-state index in [0.717, 1.165) is 25.3 Å². The van der Waals surface area contributed by atoms with Gasteiger partial charge in [-0.25, -0.2) is 8.78 Å². The highest BCUT2D eigenvalue weighted by molar-refractivity contribution is 6.59. The second kappa shape index (κ2) is 9.25. The molecule has 3 nitrogen and oxygen atoms in total. The summed E-state index contributed by atoms with van der Waals surface area (Å²) in [6, 6.07) is 4.18. The lowest BCUT2D eigenvalue weighted by atomic mass is 10.1. The van der Waals surface area contributed by atoms with Crippen LogP contribution in [0.5, 0.6) is 0 Å². The van der Waals surface area contributed by atoms with Crippen molar-refractivity contribution in [2.75, 3.05) is 13.2 Å². The van der Waals surface area contributed by atoms with Gasteiger partial charge in [-0.2, -0.15) is 0 Å². The Bertz CT molecular complexity index is 423. The summed E-state index contributed by atoms with van der Waals surface area (Å²) >= 11 is 0. The number of hydrogen-bond acceptors (Lipinski definition) is 3. The minimum Gasteiger partial charge on any atom is -0.390 e. The summed E-state index contributed by atoms with van der Waals surface area (Å²) in [5.74, 6) is -1.05. The van der Waals surface area contributed by atoms with Gasteiger partial charge in [-0.3, -0.25) is 0 Å². The maximum absolute atomic E-state index is 13.4. The standard InChI is InChI=1S/C15H24F2O3Si/c1-3-19-21(18,20-4-2)11-7-5-6-8-13-9-10-14(16)12-15(13)17/h9-10,12,18H,3-8,11H2,1-2H3. The van der Waals surface area contributed by atoms with Crippen LogP contribution in [-0.4, -0.2) is 26.8 Å². The van der Waals surface area contributed by atoms with E-state index in [9.17, 15) is 13.6 Å². The lowest BCUT2D eigenvalue weighted by Gasteiger charge is -2.22. The van der Waals surface area contributed by atoms with Crippen molar-refractivity contribution < 1.29 is 22.4 Å². The number of halogens is 2. The van der Waals surface area contributed by atoms with Crippen LogP contribution >= 0.6 is 0 Å². The van der Waals surface area contributed by atoms with Crippen molar-refractivity contribution >= 4 is 8.80 Å². The third-order valence-electron chi connectivity index (χ3n) is 3.19. The van der Waals surface area contributed by atoms with Gasteiger partial charge in [0, 0.05) is 25.3 Å². The Morgan fingerprint density at radius 1 is 1.05 bits per heavy atom. The summed E-state index contributed by atoms with van der Waals surface area (Å²) in [5.41, 5.74) is 0.526. The first-order chi connectivity index (χ1) is 10.0. The molecule has 1 aromatic carbocycles. The Kier molecular flexibility index (Phi) is 8.03. The molecule has 0 unspecified atom stereocenters. The molecule has 0 atom stereocenters. The molecule has 0 amide bonds. The van der Waals surface area contributed by atoms with Crippen LogP contribution < -0.4 is 0 Å². The van der Waals surface area contributed by atoms with Gasteiger partial charge in [-0.15, -0.1) is 0 Å². The molecular weight excluding hydrogens is 294 g/mol. The van der Waals surface area contributed by atoms with Gasteiger partial charge in [-0.05, 0) is 44.7 Å². The summed E-state index contributed by atoms with van der Waals surface area (Å²) in [6.07, 6.45) is 2.96. The van der Waals surface area contributed by atoms with E-state index in [1.807, 2.05) is 13.8 Å². The predicted molar refractivity (Wildman–Crippen MR) is 79.9 cm³/mol. The Labute approximate surface area is 126 Å². The summed E-state index contributed by atoms with van der Waals surface area (Å²) in [7, 11) is -3.02. The van der Waals surface area contributed by atoms with Crippen molar-refractivity contribution in [2.45, 2.75) is 45.6 Å². The minimum absolute atomic E-state index is 0.434. The van der Waals surface area contributed by atoms with Gasteiger partial charge in [0.15, 0.2) is 0 Å². The molecule has 1 aromatic rings. The molecule has 0 bridgehead atoms. The van der Waals surface area contributed by atoms with Crippen LogP contribution in [0.25, 0.3) is 0 Å². The molecule has 0 aromatic heterocycles. The zero-order chi connectivity index (χ0) is 15.7. The fraction of sp³-hybridized carbons (Fsp3) is 0.600. The maximum Gasteiger partial charge on any atom is 0.498 e. The molecule has 0 aliphatic rings. The lowest BCUT2D eigenvalue weighted by Crippen LogP contribution is -2.42. The summed E-state index contributed by atoms with van der Waals surface area (Å²) in [4.78, 5) is 10.2. The summed E-state index contributed by atoms with van der Waals surface area (Å²) in [5, 5.41) is 0. The van der Waals surface area contributed by atoms with Gasteiger partial charge in [-0.1, -0.05) is 12.5 Å². The zero-order valence-corrected chi connectivity index (χ0v) is 13.7. The van der Waals surface area contributed by atoms with Crippen molar-refractivity contribution in [3.05, 3.63) is 35.4 Å². The van der Waals surface area contributed by atoms with E-state index in [1.54, 1.807) is 0 Å². The highest BCUT2D eigenvalue weighted by atomic mass is 28.4. The molecule has 1 rings (SSSR count). The van der Waals surface area contributed by atoms with E-state index in [0.29, 0.717) is 31.2 Å². The van der Waals surface area contributed by atoms with Crippen LogP contribution in [0.1, 0.15) is 38.7 Å². The molecule has 0 spiro atoms. The second-order valence-electron chi connectivity index (χ2n) is 4.88. The molecule has 6 heteroatoms. The van der Waals surface area contributed by atoms with Crippen molar-refractivity contribution in [3.8, 4) is 0 Å². The van der Waals surface area contributed by atoms with E-state index in [-0.39, 0.29) is 0 Å². The largest absolute Gasteiger partial charge is 0.498 e. The fourth-order valence-electron chi connectivity index (χ4n) is 2.20. The predicted octanol–water partition coefficient (Wildman–Crippen LogP) is 3.68. The highest BCUT2D eigenvalue weighted by Gasteiger charge is 2.35. The SMILES string of the molecule is CCO[Si](O)(CCCCCc1ccc(F)cc1F)OCC. The van der Waals surface area contributed by atoms with Gasteiger partial charge in [0.2, 0.25) is 0 Å². The van der Waals surface area contributed by atoms with Gasteiger partial charge < -0.3 is 13.6 Å². The molecule has 0 saturated heterocycles. The van der Waals surface area contributed by atoms with Crippen LogP contribution in [0.4, 0.5) is 8.78 Å². The minimum atomic E-state index is -3.02. The third kappa shape index (κ3) is 6.65. The van der Waals surface area contributed by atoms with Gasteiger partial charge in [0.05, 0.1) is 0 Å². The molecule has 0 aliphatic carbocycles. The Balaban J connectivity index is 2.30. The number of rotatable bonds is 10. The number of hydrogen-bond donors (Lipinski definition) is 1. The normalized spacial score (nSPS) is 11.9. The van der Waals surface area contributed by atoms with E-state index < -0.39 is 20.4 Å². The van der Waals surface area contributed by atoms with Crippen LogP contribution in [0.15, 0.2) is 18.2 Å². The lowest BCUT2D eigenvalue weighted by molar-refractivity contribution is 0.107. The smallest absolute Gasteiger partial charge is 0.390 e. The summed E-state index contributed by atoms with van der Waals surface area (Å²) in [6.45, 7) is 4.52. The Morgan fingerprint density at radius 3 is 2.29 bits per heavy atom. The molecule has 0 fully saturated rings. The van der Waals surface area contributed by atoms with Crippen molar-refractivity contribution in [3.63, 3.8) is 0 Å².